The smallest absolute Gasteiger partial charge is 0.265 e. The van der Waals surface area contributed by atoms with Crippen LogP contribution in [0.25, 0.3) is 0 Å². The van der Waals surface area contributed by atoms with Crippen molar-refractivity contribution in [1.82, 2.24) is 14.9 Å². The average Bonchev–Trinajstić information content (AvgIpc) is 2.61. The van der Waals surface area contributed by atoms with Crippen LogP contribution in [0.5, 0.6) is 0 Å². The lowest BCUT2D eigenvalue weighted by Crippen LogP contribution is -2.27. The van der Waals surface area contributed by atoms with Gasteiger partial charge in [-0.2, -0.15) is 0 Å². The van der Waals surface area contributed by atoms with E-state index in [0.717, 1.165) is 22.6 Å². The minimum absolute atomic E-state index is 0.0885. The highest BCUT2D eigenvalue weighted by Gasteiger charge is 2.25. The number of alkyl halides is 1. The number of hydrogen-bond acceptors (Lipinski definition) is 4. The maximum absolute atomic E-state index is 11.7. The van der Waals surface area contributed by atoms with E-state index in [2.05, 4.69) is 30.8 Å². The van der Waals surface area contributed by atoms with E-state index in [1.165, 1.54) is 0 Å². The number of halogens is 1. The number of hydrogen-bond donors (Lipinski definition) is 1. The zero-order chi connectivity index (χ0) is 11.5. The molecular weight excluding hydrogens is 278 g/mol. The van der Waals surface area contributed by atoms with Gasteiger partial charge in [0.25, 0.3) is 5.91 Å². The Balaban J connectivity index is 2.86. The van der Waals surface area contributed by atoms with Crippen molar-refractivity contribution >= 4 is 33.4 Å². The molecule has 6 heteroatoms. The molecule has 0 spiro atoms. The zero-order valence-corrected chi connectivity index (χ0v) is 11.4. The maximum atomic E-state index is 11.7. The molecule has 0 unspecified atom stereocenters. The van der Waals surface area contributed by atoms with E-state index in [4.69, 9.17) is 0 Å². The SMILES string of the molecule is CC(C)(C)c1nnsc1C(=O)NCCBr. The Labute approximate surface area is 102 Å². The molecule has 84 valence electrons. The topological polar surface area (TPSA) is 54.9 Å². The first-order valence-electron chi connectivity index (χ1n) is 4.64. The summed E-state index contributed by atoms with van der Waals surface area (Å²) in [4.78, 5) is 12.3. The Morgan fingerprint density at radius 3 is 2.73 bits per heavy atom. The van der Waals surface area contributed by atoms with Crippen LogP contribution >= 0.6 is 27.5 Å². The zero-order valence-electron chi connectivity index (χ0n) is 9.00. The summed E-state index contributed by atoms with van der Waals surface area (Å²) in [6.07, 6.45) is 0. The molecule has 1 heterocycles. The lowest BCUT2D eigenvalue weighted by Gasteiger charge is -2.15. The highest BCUT2D eigenvalue weighted by molar-refractivity contribution is 9.09. The molecule has 0 aliphatic carbocycles. The summed E-state index contributed by atoms with van der Waals surface area (Å²) in [7, 11) is 0. The van der Waals surface area contributed by atoms with Gasteiger partial charge >= 0.3 is 0 Å². The second-order valence-corrected chi connectivity index (χ2v) is 5.69. The van der Waals surface area contributed by atoms with Crippen molar-refractivity contribution in [2.45, 2.75) is 26.2 Å². The number of carbonyl (C=O) groups excluding carboxylic acids is 1. The molecule has 1 rings (SSSR count). The molecule has 15 heavy (non-hydrogen) atoms. The van der Waals surface area contributed by atoms with Crippen LogP contribution in [0.15, 0.2) is 0 Å². The summed E-state index contributed by atoms with van der Waals surface area (Å²) >= 11 is 4.40. The highest BCUT2D eigenvalue weighted by atomic mass is 79.9. The van der Waals surface area contributed by atoms with Crippen LogP contribution < -0.4 is 5.32 Å². The van der Waals surface area contributed by atoms with E-state index in [1.54, 1.807) is 0 Å². The molecule has 1 amide bonds. The van der Waals surface area contributed by atoms with Gasteiger partial charge in [-0.3, -0.25) is 4.79 Å². The van der Waals surface area contributed by atoms with Crippen molar-refractivity contribution in [2.24, 2.45) is 0 Å². The van der Waals surface area contributed by atoms with Gasteiger partial charge in [0.2, 0.25) is 0 Å². The third kappa shape index (κ3) is 3.24. The summed E-state index contributed by atoms with van der Waals surface area (Å²) < 4.78 is 3.84. The van der Waals surface area contributed by atoms with E-state index in [0.29, 0.717) is 11.4 Å². The summed E-state index contributed by atoms with van der Waals surface area (Å²) in [5.41, 5.74) is 0.619. The quantitative estimate of drug-likeness (QED) is 0.866. The number of nitrogens with zero attached hydrogens (tertiary/aromatic N) is 2. The molecule has 0 bridgehead atoms. The lowest BCUT2D eigenvalue weighted by atomic mass is 9.91. The van der Waals surface area contributed by atoms with Crippen molar-refractivity contribution in [1.29, 1.82) is 0 Å². The first-order chi connectivity index (χ1) is 6.96. The first kappa shape index (κ1) is 12.6. The second-order valence-electron chi connectivity index (χ2n) is 4.15. The third-order valence-corrected chi connectivity index (χ3v) is 2.91. The van der Waals surface area contributed by atoms with E-state index >= 15 is 0 Å². The predicted octanol–water partition coefficient (Wildman–Crippen LogP) is 1.96. The molecule has 0 saturated carbocycles. The van der Waals surface area contributed by atoms with Crippen LogP contribution in [0.4, 0.5) is 0 Å². The molecule has 0 aromatic carbocycles. The Bertz CT molecular complexity index is 345. The average molecular weight is 292 g/mol. The van der Waals surface area contributed by atoms with E-state index < -0.39 is 0 Å². The standard InChI is InChI=1S/C9H14BrN3OS/c1-9(2,3)7-6(15-13-12-7)8(14)11-5-4-10/h4-5H2,1-3H3,(H,11,14). The number of aromatic nitrogens is 2. The fourth-order valence-electron chi connectivity index (χ4n) is 1.07. The molecule has 0 atom stereocenters. The summed E-state index contributed by atoms with van der Waals surface area (Å²) in [6.45, 7) is 6.67. The summed E-state index contributed by atoms with van der Waals surface area (Å²) in [6, 6.07) is 0. The van der Waals surface area contributed by atoms with E-state index in [9.17, 15) is 4.79 Å². The third-order valence-electron chi connectivity index (χ3n) is 1.78. The number of rotatable bonds is 3. The molecule has 1 aromatic rings. The Kier molecular flexibility index (Phi) is 4.21. The molecule has 0 aliphatic heterocycles. The van der Waals surface area contributed by atoms with Crippen LogP contribution in [0.2, 0.25) is 0 Å². The molecule has 1 N–H and O–H groups in total. The van der Waals surface area contributed by atoms with Gasteiger partial charge in [0.15, 0.2) is 0 Å². The van der Waals surface area contributed by atoms with Crippen LogP contribution in [0.1, 0.15) is 36.1 Å². The summed E-state index contributed by atoms with van der Waals surface area (Å²) in [5, 5.41) is 7.55. The van der Waals surface area contributed by atoms with Gasteiger partial charge in [0.1, 0.15) is 4.88 Å². The number of carbonyl (C=O) groups is 1. The van der Waals surface area contributed by atoms with Crippen LogP contribution in [0, 0.1) is 0 Å². The molecule has 0 radical (unpaired) electrons. The fraction of sp³-hybridized carbons (Fsp3) is 0.667. The van der Waals surface area contributed by atoms with Crippen molar-refractivity contribution in [3.05, 3.63) is 10.6 Å². The van der Waals surface area contributed by atoms with Gasteiger partial charge in [-0.05, 0) is 11.5 Å². The molecule has 0 fully saturated rings. The minimum Gasteiger partial charge on any atom is -0.350 e. The van der Waals surface area contributed by atoms with Crippen LogP contribution in [-0.2, 0) is 5.41 Å². The van der Waals surface area contributed by atoms with E-state index in [1.807, 2.05) is 20.8 Å². The van der Waals surface area contributed by atoms with Gasteiger partial charge in [0, 0.05) is 17.3 Å². The first-order valence-corrected chi connectivity index (χ1v) is 6.53. The Hall–Kier alpha value is -0.490. The molecule has 1 aromatic heterocycles. The molecule has 0 aliphatic rings. The van der Waals surface area contributed by atoms with Gasteiger partial charge in [-0.25, -0.2) is 0 Å². The highest BCUT2D eigenvalue weighted by Crippen LogP contribution is 2.25. The molecule has 0 saturated heterocycles. The summed E-state index contributed by atoms with van der Waals surface area (Å²) in [5.74, 6) is -0.0885. The van der Waals surface area contributed by atoms with Gasteiger partial charge in [0.05, 0.1) is 5.69 Å². The largest absolute Gasteiger partial charge is 0.350 e. The van der Waals surface area contributed by atoms with Crippen LogP contribution in [0.3, 0.4) is 0 Å². The Morgan fingerprint density at radius 1 is 1.53 bits per heavy atom. The minimum atomic E-state index is -0.145. The maximum Gasteiger partial charge on any atom is 0.265 e. The van der Waals surface area contributed by atoms with Crippen molar-refractivity contribution in [3.8, 4) is 0 Å². The fourth-order valence-corrected chi connectivity index (χ4v) is 2.06. The molecule has 4 nitrogen and oxygen atoms in total. The monoisotopic (exact) mass is 291 g/mol. The lowest BCUT2D eigenvalue weighted by molar-refractivity contribution is 0.0958. The van der Waals surface area contributed by atoms with Gasteiger partial charge in [-0.15, -0.1) is 5.10 Å². The van der Waals surface area contributed by atoms with Gasteiger partial charge in [-0.1, -0.05) is 41.2 Å². The second kappa shape index (κ2) is 5.03. The Morgan fingerprint density at radius 2 is 2.20 bits per heavy atom. The van der Waals surface area contributed by atoms with E-state index in [-0.39, 0.29) is 11.3 Å². The normalized spacial score (nSPS) is 11.5. The van der Waals surface area contributed by atoms with Crippen molar-refractivity contribution < 1.29 is 4.79 Å². The van der Waals surface area contributed by atoms with Crippen molar-refractivity contribution in [2.75, 3.05) is 11.9 Å². The van der Waals surface area contributed by atoms with Crippen molar-refractivity contribution in [3.63, 3.8) is 0 Å². The van der Waals surface area contributed by atoms with Gasteiger partial charge < -0.3 is 5.32 Å². The predicted molar refractivity (Wildman–Crippen MR) is 64.7 cm³/mol. The number of nitrogens with one attached hydrogen (secondary N) is 1. The number of amides is 1. The molecular formula is C9H14BrN3OS. The van der Waals surface area contributed by atoms with Crippen LogP contribution in [-0.4, -0.2) is 27.4 Å².